The quantitative estimate of drug-likeness (QED) is 0.472. The second kappa shape index (κ2) is 3.92. The van der Waals surface area contributed by atoms with Crippen LogP contribution in [-0.2, 0) is 9.59 Å². The van der Waals surface area contributed by atoms with Gasteiger partial charge in [0, 0.05) is 7.05 Å². The van der Waals surface area contributed by atoms with E-state index >= 15 is 0 Å². The van der Waals surface area contributed by atoms with Gasteiger partial charge in [-0.2, -0.15) is 0 Å². The first-order valence-corrected chi connectivity index (χ1v) is 3.23. The molecule has 1 amide bonds. The summed E-state index contributed by atoms with van der Waals surface area (Å²) in [6.07, 6.45) is 0. The molecule has 0 aliphatic carbocycles. The largest absolute Gasteiger partial charge is 0.548 e. The van der Waals surface area contributed by atoms with Crippen molar-refractivity contribution in [2.24, 2.45) is 0 Å². The number of nitrogens with zero attached hydrogens (tertiary/aromatic N) is 1. The Morgan fingerprint density at radius 3 is 2.36 bits per heavy atom. The maximum absolute atomic E-state index is 11.0. The third-order valence-corrected chi connectivity index (χ3v) is 1.16. The molecule has 11 heavy (non-hydrogen) atoms. The number of aliphatic carboxylic acids is 1. The molecule has 0 aromatic carbocycles. The standard InChI is InChI=1S/C6H12N2O3/c1-4(7)6(11)8(2)3-5(9)10/h4H,3,7H2,1-2H3,(H,9,10). The van der Waals surface area contributed by atoms with E-state index in [1.54, 1.807) is 6.92 Å². The van der Waals surface area contributed by atoms with Gasteiger partial charge in [0.15, 0.2) is 6.04 Å². The van der Waals surface area contributed by atoms with E-state index in [1.807, 2.05) is 0 Å². The van der Waals surface area contributed by atoms with Crippen LogP contribution >= 0.6 is 0 Å². The van der Waals surface area contributed by atoms with Gasteiger partial charge in [-0.15, -0.1) is 0 Å². The Labute approximate surface area is 64.8 Å². The molecule has 0 aliphatic heterocycles. The first-order chi connectivity index (χ1) is 4.95. The number of quaternary nitrogens is 1. The minimum absolute atomic E-state index is 0.297. The van der Waals surface area contributed by atoms with E-state index < -0.39 is 12.0 Å². The first-order valence-electron chi connectivity index (χ1n) is 3.23. The van der Waals surface area contributed by atoms with Crippen molar-refractivity contribution in [2.75, 3.05) is 13.6 Å². The summed E-state index contributed by atoms with van der Waals surface area (Å²) in [7, 11) is 1.40. The highest BCUT2D eigenvalue weighted by Crippen LogP contribution is 1.85. The first kappa shape index (κ1) is 9.90. The summed E-state index contributed by atoms with van der Waals surface area (Å²) < 4.78 is 0. The van der Waals surface area contributed by atoms with Crippen LogP contribution in [0.3, 0.4) is 0 Å². The molecule has 64 valence electrons. The third kappa shape index (κ3) is 3.57. The van der Waals surface area contributed by atoms with Gasteiger partial charge in [0.2, 0.25) is 0 Å². The number of carbonyl (C=O) groups is 2. The molecule has 1 unspecified atom stereocenters. The summed E-state index contributed by atoms with van der Waals surface area (Å²) in [6.45, 7) is 1.23. The van der Waals surface area contributed by atoms with Crippen LogP contribution in [0, 0.1) is 0 Å². The lowest BCUT2D eigenvalue weighted by Crippen LogP contribution is -2.66. The zero-order chi connectivity index (χ0) is 9.02. The highest BCUT2D eigenvalue weighted by atomic mass is 16.4. The van der Waals surface area contributed by atoms with Gasteiger partial charge >= 0.3 is 0 Å². The predicted molar refractivity (Wildman–Crippen MR) is 35.0 cm³/mol. The van der Waals surface area contributed by atoms with E-state index in [0.717, 1.165) is 4.90 Å². The van der Waals surface area contributed by atoms with Crippen molar-refractivity contribution in [3.63, 3.8) is 0 Å². The Morgan fingerprint density at radius 2 is 2.09 bits per heavy atom. The molecular formula is C6H12N2O3. The molecule has 0 spiro atoms. The molecule has 0 fully saturated rings. The molecule has 0 bridgehead atoms. The van der Waals surface area contributed by atoms with E-state index in [9.17, 15) is 14.7 Å². The van der Waals surface area contributed by atoms with Crippen molar-refractivity contribution in [3.8, 4) is 0 Å². The van der Waals surface area contributed by atoms with Gasteiger partial charge in [-0.3, -0.25) is 4.79 Å². The van der Waals surface area contributed by atoms with Gasteiger partial charge in [-0.05, 0) is 6.92 Å². The molecule has 5 nitrogen and oxygen atoms in total. The molecule has 0 aromatic rings. The average Bonchev–Trinajstić information content (AvgIpc) is 1.84. The van der Waals surface area contributed by atoms with Gasteiger partial charge in [-0.25, -0.2) is 0 Å². The van der Waals surface area contributed by atoms with Crippen molar-refractivity contribution in [2.45, 2.75) is 13.0 Å². The minimum Gasteiger partial charge on any atom is -0.548 e. The van der Waals surface area contributed by atoms with Gasteiger partial charge in [0.1, 0.15) is 0 Å². The van der Waals surface area contributed by atoms with Gasteiger partial charge < -0.3 is 20.5 Å². The lowest BCUT2D eigenvalue weighted by molar-refractivity contribution is -0.400. The van der Waals surface area contributed by atoms with Crippen LogP contribution in [0.25, 0.3) is 0 Å². The highest BCUT2D eigenvalue weighted by molar-refractivity contribution is 5.83. The monoisotopic (exact) mass is 160 g/mol. The van der Waals surface area contributed by atoms with Crippen LogP contribution in [0.1, 0.15) is 6.92 Å². The van der Waals surface area contributed by atoms with Crippen LogP contribution in [0.15, 0.2) is 0 Å². The van der Waals surface area contributed by atoms with Gasteiger partial charge in [-0.1, -0.05) is 0 Å². The number of rotatable bonds is 3. The lowest BCUT2D eigenvalue weighted by atomic mass is 10.3. The zero-order valence-corrected chi connectivity index (χ0v) is 6.66. The van der Waals surface area contributed by atoms with Crippen molar-refractivity contribution >= 4 is 11.9 Å². The van der Waals surface area contributed by atoms with E-state index in [1.165, 1.54) is 7.05 Å². The SMILES string of the molecule is CC([NH3+])C(=O)N(C)CC(=O)[O-]. The number of hydrogen-bond acceptors (Lipinski definition) is 3. The maximum Gasteiger partial charge on any atom is 0.280 e. The highest BCUT2D eigenvalue weighted by Gasteiger charge is 2.15. The van der Waals surface area contributed by atoms with Crippen LogP contribution in [-0.4, -0.2) is 36.4 Å². The Hall–Kier alpha value is -1.10. The molecule has 0 saturated heterocycles. The smallest absolute Gasteiger partial charge is 0.280 e. The third-order valence-electron chi connectivity index (χ3n) is 1.16. The zero-order valence-electron chi connectivity index (χ0n) is 6.66. The number of amides is 1. The Bertz CT molecular complexity index is 167. The fourth-order valence-corrected chi connectivity index (χ4v) is 0.648. The van der Waals surface area contributed by atoms with E-state index in [4.69, 9.17) is 0 Å². The topological polar surface area (TPSA) is 88.1 Å². The minimum atomic E-state index is -1.26. The van der Waals surface area contributed by atoms with Gasteiger partial charge in [0.05, 0.1) is 12.5 Å². The summed E-state index contributed by atoms with van der Waals surface area (Å²) in [5, 5.41) is 10.0. The van der Waals surface area contributed by atoms with E-state index in [0.29, 0.717) is 0 Å². The molecule has 0 heterocycles. The second-order valence-electron chi connectivity index (χ2n) is 2.47. The maximum atomic E-state index is 11.0. The Morgan fingerprint density at radius 1 is 1.64 bits per heavy atom. The van der Waals surface area contributed by atoms with Crippen molar-refractivity contribution in [3.05, 3.63) is 0 Å². The summed E-state index contributed by atoms with van der Waals surface area (Å²) in [6, 6.07) is -0.417. The molecule has 0 radical (unpaired) electrons. The van der Waals surface area contributed by atoms with E-state index in [2.05, 4.69) is 5.73 Å². The van der Waals surface area contributed by atoms with Crippen molar-refractivity contribution in [1.82, 2.24) is 4.90 Å². The molecule has 0 aromatic heterocycles. The Balaban J connectivity index is 3.93. The summed E-state index contributed by atoms with van der Waals surface area (Å²) in [5.41, 5.74) is 3.46. The summed E-state index contributed by atoms with van der Waals surface area (Å²) in [4.78, 5) is 22.0. The predicted octanol–water partition coefficient (Wildman–Crippen LogP) is -3.17. The van der Waals surface area contributed by atoms with Crippen LogP contribution < -0.4 is 10.8 Å². The Kier molecular flexibility index (Phi) is 3.53. The van der Waals surface area contributed by atoms with Crippen LogP contribution in [0.4, 0.5) is 0 Å². The molecule has 0 saturated carbocycles. The molecule has 5 heteroatoms. The molecule has 3 N–H and O–H groups in total. The number of carboxylic acid groups (broad SMARTS) is 1. The number of hydrogen-bond donors (Lipinski definition) is 1. The number of carboxylic acids is 1. The molecule has 0 aliphatic rings. The fraction of sp³-hybridized carbons (Fsp3) is 0.667. The number of carbonyl (C=O) groups excluding carboxylic acids is 2. The molecule has 0 rings (SSSR count). The molecular weight excluding hydrogens is 148 g/mol. The lowest BCUT2D eigenvalue weighted by Gasteiger charge is -2.17. The van der Waals surface area contributed by atoms with E-state index in [-0.39, 0.29) is 12.5 Å². The van der Waals surface area contributed by atoms with Crippen molar-refractivity contribution < 1.29 is 20.4 Å². The van der Waals surface area contributed by atoms with Gasteiger partial charge in [0.25, 0.3) is 5.91 Å². The van der Waals surface area contributed by atoms with Crippen molar-refractivity contribution in [1.29, 1.82) is 0 Å². The van der Waals surface area contributed by atoms with Crippen LogP contribution in [0.5, 0.6) is 0 Å². The fourth-order valence-electron chi connectivity index (χ4n) is 0.648. The van der Waals surface area contributed by atoms with Crippen LogP contribution in [0.2, 0.25) is 0 Å². The summed E-state index contributed by atoms with van der Waals surface area (Å²) >= 11 is 0. The normalized spacial score (nSPS) is 12.3. The average molecular weight is 160 g/mol. The second-order valence-corrected chi connectivity index (χ2v) is 2.47. The number of likely N-dealkylation sites (N-methyl/N-ethyl adjacent to an activating group) is 1. The molecule has 1 atom stereocenters. The summed E-state index contributed by atoms with van der Waals surface area (Å²) in [5.74, 6) is -1.56.